The molecule has 1 saturated heterocycles. The number of carboxylic acid groups (broad SMARTS) is 1. The highest BCUT2D eigenvalue weighted by Crippen LogP contribution is 2.29. The Morgan fingerprint density at radius 3 is 2.29 bits per heavy atom. The van der Waals surface area contributed by atoms with Gasteiger partial charge in [0.2, 0.25) is 5.95 Å². The summed E-state index contributed by atoms with van der Waals surface area (Å²) in [5, 5.41) is 9.06. The molecule has 21 heavy (non-hydrogen) atoms. The van der Waals surface area contributed by atoms with E-state index in [4.69, 9.17) is 5.11 Å². The van der Waals surface area contributed by atoms with Crippen molar-refractivity contribution in [3.8, 4) is 0 Å². The molecule has 1 fully saturated rings. The third-order valence-corrected chi connectivity index (χ3v) is 3.45. The predicted octanol–water partition coefficient (Wildman–Crippen LogP) is 2.07. The molecule has 0 radical (unpaired) electrons. The highest BCUT2D eigenvalue weighted by Gasteiger charge is 2.35. The lowest BCUT2D eigenvalue weighted by atomic mass is 10.1. The number of amides is 1. The molecule has 9 heteroatoms. The molecule has 1 amide bonds. The fourth-order valence-electron chi connectivity index (χ4n) is 2.29. The standard InChI is InChI=1S/C12H15F3N4O2/c1-7-6-19(11(20)21)8(2)5-18(7)10-16-3-9(4-17-10)12(13,14)15/h3-4,7-8H,5-6H2,1-2H3,(H,20,21)/t7-,8-/m1/s1. The van der Waals surface area contributed by atoms with Gasteiger partial charge in [0, 0.05) is 37.6 Å². The Balaban J connectivity index is 2.17. The summed E-state index contributed by atoms with van der Waals surface area (Å²) in [6.07, 6.45) is -4.01. The first-order valence-corrected chi connectivity index (χ1v) is 6.35. The topological polar surface area (TPSA) is 69.6 Å². The maximum Gasteiger partial charge on any atom is 0.419 e. The molecule has 0 bridgehead atoms. The van der Waals surface area contributed by atoms with Crippen LogP contribution in [0.5, 0.6) is 0 Å². The fourth-order valence-corrected chi connectivity index (χ4v) is 2.29. The van der Waals surface area contributed by atoms with Gasteiger partial charge in [0.15, 0.2) is 0 Å². The Hall–Kier alpha value is -2.06. The summed E-state index contributed by atoms with van der Waals surface area (Å²) in [7, 11) is 0. The van der Waals surface area contributed by atoms with E-state index in [2.05, 4.69) is 9.97 Å². The SMILES string of the molecule is C[C@@H]1CN(c2ncc(C(F)(F)F)cn2)[C@H](C)CN1C(=O)O. The molecule has 0 saturated carbocycles. The number of nitrogens with zero attached hydrogens (tertiary/aromatic N) is 4. The summed E-state index contributed by atoms with van der Waals surface area (Å²) in [6.45, 7) is 4.10. The molecule has 0 aliphatic carbocycles. The van der Waals surface area contributed by atoms with E-state index in [0.717, 1.165) is 12.4 Å². The second-order valence-electron chi connectivity index (χ2n) is 5.05. The summed E-state index contributed by atoms with van der Waals surface area (Å²) in [5.74, 6) is 0.174. The second kappa shape index (κ2) is 5.38. The lowest BCUT2D eigenvalue weighted by Crippen LogP contribution is -2.58. The molecule has 0 aromatic carbocycles. The van der Waals surface area contributed by atoms with Gasteiger partial charge in [0.05, 0.1) is 5.56 Å². The number of rotatable bonds is 1. The predicted molar refractivity (Wildman–Crippen MR) is 68.0 cm³/mol. The number of hydrogen-bond donors (Lipinski definition) is 1. The van der Waals surface area contributed by atoms with Crippen molar-refractivity contribution >= 4 is 12.0 Å². The normalized spacial score (nSPS) is 23.3. The van der Waals surface area contributed by atoms with Crippen LogP contribution in [-0.2, 0) is 6.18 Å². The van der Waals surface area contributed by atoms with Crippen LogP contribution in [-0.4, -0.2) is 51.2 Å². The summed E-state index contributed by atoms with van der Waals surface area (Å²) in [6, 6.07) is -0.501. The van der Waals surface area contributed by atoms with Crippen LogP contribution < -0.4 is 4.90 Å². The molecular weight excluding hydrogens is 289 g/mol. The summed E-state index contributed by atoms with van der Waals surface area (Å²) in [5.41, 5.74) is -0.906. The first-order chi connectivity index (χ1) is 9.70. The number of anilines is 1. The van der Waals surface area contributed by atoms with Crippen LogP contribution in [0.1, 0.15) is 19.4 Å². The van der Waals surface area contributed by atoms with Crippen LogP contribution in [0.15, 0.2) is 12.4 Å². The monoisotopic (exact) mass is 304 g/mol. The highest BCUT2D eigenvalue weighted by molar-refractivity contribution is 5.66. The van der Waals surface area contributed by atoms with Gasteiger partial charge >= 0.3 is 12.3 Å². The van der Waals surface area contributed by atoms with E-state index in [1.54, 1.807) is 18.7 Å². The Labute approximate surface area is 119 Å². The molecule has 1 aromatic rings. The van der Waals surface area contributed by atoms with Gasteiger partial charge < -0.3 is 14.9 Å². The van der Waals surface area contributed by atoms with Crippen molar-refractivity contribution in [3.05, 3.63) is 18.0 Å². The third kappa shape index (κ3) is 3.17. The molecule has 1 aliphatic rings. The second-order valence-corrected chi connectivity index (χ2v) is 5.05. The van der Waals surface area contributed by atoms with Crippen molar-refractivity contribution in [1.29, 1.82) is 0 Å². The van der Waals surface area contributed by atoms with Crippen LogP contribution in [0.4, 0.5) is 23.9 Å². The number of hydrogen-bond acceptors (Lipinski definition) is 4. The molecule has 116 valence electrons. The number of halogens is 3. The molecule has 2 atom stereocenters. The van der Waals surface area contributed by atoms with Gasteiger partial charge in [-0.25, -0.2) is 14.8 Å². The van der Waals surface area contributed by atoms with Gasteiger partial charge in [-0.2, -0.15) is 13.2 Å². The molecule has 2 heterocycles. The van der Waals surface area contributed by atoms with Crippen LogP contribution in [0.3, 0.4) is 0 Å². The van der Waals surface area contributed by atoms with E-state index in [0.29, 0.717) is 6.54 Å². The van der Waals surface area contributed by atoms with E-state index in [1.807, 2.05) is 0 Å². The zero-order chi connectivity index (χ0) is 15.8. The average molecular weight is 304 g/mol. The quantitative estimate of drug-likeness (QED) is 0.860. The van der Waals surface area contributed by atoms with E-state index >= 15 is 0 Å². The Bertz CT molecular complexity index is 520. The molecule has 2 rings (SSSR count). The molecule has 0 unspecified atom stereocenters. The zero-order valence-corrected chi connectivity index (χ0v) is 11.5. The van der Waals surface area contributed by atoms with Crippen LogP contribution in [0, 0.1) is 0 Å². The summed E-state index contributed by atoms with van der Waals surface area (Å²) < 4.78 is 37.4. The van der Waals surface area contributed by atoms with Gasteiger partial charge in [-0.1, -0.05) is 0 Å². The zero-order valence-electron chi connectivity index (χ0n) is 11.5. The van der Waals surface area contributed by atoms with E-state index < -0.39 is 17.8 Å². The van der Waals surface area contributed by atoms with Crippen molar-refractivity contribution in [2.24, 2.45) is 0 Å². The Morgan fingerprint density at radius 2 is 1.81 bits per heavy atom. The van der Waals surface area contributed by atoms with Crippen molar-refractivity contribution < 1.29 is 23.1 Å². The minimum Gasteiger partial charge on any atom is -0.465 e. The first kappa shape index (κ1) is 15.3. The van der Waals surface area contributed by atoms with Gasteiger partial charge in [0.25, 0.3) is 0 Å². The Kier molecular flexibility index (Phi) is 3.93. The maximum absolute atomic E-state index is 12.5. The van der Waals surface area contributed by atoms with Crippen LogP contribution in [0.25, 0.3) is 0 Å². The van der Waals surface area contributed by atoms with Gasteiger partial charge in [-0.05, 0) is 13.8 Å². The van der Waals surface area contributed by atoms with Crippen molar-refractivity contribution in [2.75, 3.05) is 18.0 Å². The molecule has 0 spiro atoms. The van der Waals surface area contributed by atoms with Gasteiger partial charge in [-0.3, -0.25) is 0 Å². The summed E-state index contributed by atoms with van der Waals surface area (Å²) >= 11 is 0. The van der Waals surface area contributed by atoms with Gasteiger partial charge in [0.1, 0.15) is 0 Å². The molecular formula is C12H15F3N4O2. The van der Waals surface area contributed by atoms with E-state index in [9.17, 15) is 18.0 Å². The minimum atomic E-state index is -4.47. The average Bonchev–Trinajstić information content (AvgIpc) is 2.40. The highest BCUT2D eigenvalue weighted by atomic mass is 19.4. The molecule has 1 aliphatic heterocycles. The van der Waals surface area contributed by atoms with E-state index in [1.165, 1.54) is 4.90 Å². The van der Waals surface area contributed by atoms with Crippen LogP contribution in [0.2, 0.25) is 0 Å². The number of aromatic nitrogens is 2. The minimum absolute atomic E-state index is 0.174. The number of piperazine rings is 1. The molecule has 1 N–H and O–H groups in total. The van der Waals surface area contributed by atoms with E-state index in [-0.39, 0.29) is 24.6 Å². The molecule has 1 aromatic heterocycles. The van der Waals surface area contributed by atoms with Crippen molar-refractivity contribution in [1.82, 2.24) is 14.9 Å². The van der Waals surface area contributed by atoms with Gasteiger partial charge in [-0.15, -0.1) is 0 Å². The lowest BCUT2D eigenvalue weighted by Gasteiger charge is -2.42. The Morgan fingerprint density at radius 1 is 1.24 bits per heavy atom. The lowest BCUT2D eigenvalue weighted by molar-refractivity contribution is -0.138. The van der Waals surface area contributed by atoms with Crippen molar-refractivity contribution in [3.63, 3.8) is 0 Å². The van der Waals surface area contributed by atoms with Crippen molar-refractivity contribution in [2.45, 2.75) is 32.1 Å². The fraction of sp³-hybridized carbons (Fsp3) is 0.583. The number of carbonyl (C=O) groups is 1. The molecule has 6 nitrogen and oxygen atoms in total. The third-order valence-electron chi connectivity index (χ3n) is 3.45. The number of alkyl halides is 3. The largest absolute Gasteiger partial charge is 0.465 e. The van der Waals surface area contributed by atoms with Crippen LogP contribution >= 0.6 is 0 Å². The smallest absolute Gasteiger partial charge is 0.419 e. The first-order valence-electron chi connectivity index (χ1n) is 6.35. The maximum atomic E-state index is 12.5. The summed E-state index contributed by atoms with van der Waals surface area (Å²) in [4.78, 5) is 21.6.